The molecule has 3 nitrogen and oxygen atoms in total. The first-order valence-corrected chi connectivity index (χ1v) is 7.79. The zero-order valence-corrected chi connectivity index (χ0v) is 14.2. The molecule has 0 aliphatic carbocycles. The van der Waals surface area contributed by atoms with E-state index in [1.807, 2.05) is 19.1 Å². The molecule has 0 heterocycles. The van der Waals surface area contributed by atoms with E-state index in [2.05, 4.69) is 49.2 Å². The van der Waals surface area contributed by atoms with Gasteiger partial charge in [-0.3, -0.25) is 0 Å². The second-order valence-corrected chi connectivity index (χ2v) is 5.82. The summed E-state index contributed by atoms with van der Waals surface area (Å²) in [7, 11) is 1.66. The van der Waals surface area contributed by atoms with E-state index in [9.17, 15) is 0 Å². The molecule has 0 saturated heterocycles. The minimum absolute atomic E-state index is 0.501. The van der Waals surface area contributed by atoms with Crippen molar-refractivity contribution in [1.82, 2.24) is 5.32 Å². The lowest BCUT2D eigenvalue weighted by Gasteiger charge is -2.12. The van der Waals surface area contributed by atoms with Crippen molar-refractivity contribution < 1.29 is 9.47 Å². The maximum Gasteiger partial charge on any atom is 0.161 e. The molecule has 0 atom stereocenters. The summed E-state index contributed by atoms with van der Waals surface area (Å²) in [4.78, 5) is 0. The van der Waals surface area contributed by atoms with Gasteiger partial charge in [0, 0.05) is 13.1 Å². The van der Waals surface area contributed by atoms with E-state index >= 15 is 0 Å². The Bertz CT molecular complexity index is 647. The van der Waals surface area contributed by atoms with Crippen molar-refractivity contribution in [3.8, 4) is 11.5 Å². The zero-order chi connectivity index (χ0) is 16.7. The molecule has 0 saturated carbocycles. The van der Waals surface area contributed by atoms with E-state index in [1.165, 1.54) is 11.1 Å². The minimum Gasteiger partial charge on any atom is -0.493 e. The molecule has 0 aliphatic heterocycles. The van der Waals surface area contributed by atoms with Crippen LogP contribution in [0.3, 0.4) is 0 Å². The van der Waals surface area contributed by atoms with E-state index in [0.29, 0.717) is 6.61 Å². The number of methoxy groups -OCH3 is 1. The summed E-state index contributed by atoms with van der Waals surface area (Å²) in [6.45, 7) is 10.0. The summed E-state index contributed by atoms with van der Waals surface area (Å²) < 4.78 is 11.1. The summed E-state index contributed by atoms with van der Waals surface area (Å²) in [6.07, 6.45) is 0. The predicted molar refractivity (Wildman–Crippen MR) is 95.0 cm³/mol. The van der Waals surface area contributed by atoms with Crippen LogP contribution in [0.1, 0.15) is 23.6 Å². The van der Waals surface area contributed by atoms with Crippen LogP contribution >= 0.6 is 0 Å². The van der Waals surface area contributed by atoms with Crippen molar-refractivity contribution in [3.05, 3.63) is 71.3 Å². The van der Waals surface area contributed by atoms with Gasteiger partial charge >= 0.3 is 0 Å². The Morgan fingerprint density at radius 1 is 1.00 bits per heavy atom. The third-order valence-corrected chi connectivity index (χ3v) is 3.48. The van der Waals surface area contributed by atoms with Gasteiger partial charge in [0.15, 0.2) is 11.5 Å². The van der Waals surface area contributed by atoms with Gasteiger partial charge in [-0.25, -0.2) is 0 Å². The van der Waals surface area contributed by atoms with Crippen LogP contribution in [0.5, 0.6) is 11.5 Å². The van der Waals surface area contributed by atoms with Crippen LogP contribution in [0.15, 0.2) is 54.6 Å². The van der Waals surface area contributed by atoms with Gasteiger partial charge in [0.05, 0.1) is 7.11 Å². The Labute approximate surface area is 138 Å². The maximum absolute atomic E-state index is 5.68. The molecule has 2 aromatic rings. The molecule has 0 spiro atoms. The zero-order valence-electron chi connectivity index (χ0n) is 14.2. The average Bonchev–Trinajstić information content (AvgIpc) is 2.55. The average molecular weight is 311 g/mol. The van der Waals surface area contributed by atoms with Crippen LogP contribution in [0.4, 0.5) is 0 Å². The third-order valence-electron chi connectivity index (χ3n) is 3.48. The largest absolute Gasteiger partial charge is 0.493 e. The molecule has 0 aliphatic rings. The Balaban J connectivity index is 1.92. The fraction of sp³-hybridized carbons (Fsp3) is 0.300. The summed E-state index contributed by atoms with van der Waals surface area (Å²) in [5.41, 5.74) is 4.71. The van der Waals surface area contributed by atoms with Gasteiger partial charge in [-0.2, -0.15) is 0 Å². The Hall–Kier alpha value is -2.26. The molecule has 3 heteroatoms. The van der Waals surface area contributed by atoms with Crippen molar-refractivity contribution in [1.29, 1.82) is 0 Å². The molecule has 0 fully saturated rings. The molecule has 122 valence electrons. The van der Waals surface area contributed by atoms with Crippen molar-refractivity contribution in [2.75, 3.05) is 13.7 Å². The monoisotopic (exact) mass is 311 g/mol. The Kier molecular flexibility index (Phi) is 6.24. The highest BCUT2D eigenvalue weighted by molar-refractivity contribution is 5.43. The number of benzene rings is 2. The second-order valence-electron chi connectivity index (χ2n) is 5.82. The van der Waals surface area contributed by atoms with Crippen LogP contribution in [0.2, 0.25) is 0 Å². The molecule has 0 amide bonds. The number of hydrogen-bond donors (Lipinski definition) is 1. The molecule has 2 aromatic carbocycles. The lowest BCUT2D eigenvalue weighted by atomic mass is 10.1. The lowest BCUT2D eigenvalue weighted by Crippen LogP contribution is -2.12. The van der Waals surface area contributed by atoms with Crippen molar-refractivity contribution >= 4 is 0 Å². The molecule has 0 unspecified atom stereocenters. The van der Waals surface area contributed by atoms with Gasteiger partial charge in [-0.05, 0) is 42.7 Å². The summed E-state index contributed by atoms with van der Waals surface area (Å²) in [6, 6.07) is 14.6. The number of nitrogens with one attached hydrogen (secondary N) is 1. The number of hydrogen-bond acceptors (Lipinski definition) is 3. The SMILES string of the molecule is C=C(C)COc1ccc(CNCc2ccc(C)cc2)cc1OC. The van der Waals surface area contributed by atoms with Gasteiger partial charge in [0.25, 0.3) is 0 Å². The molecule has 0 radical (unpaired) electrons. The smallest absolute Gasteiger partial charge is 0.161 e. The van der Waals surface area contributed by atoms with Crippen molar-refractivity contribution in [3.63, 3.8) is 0 Å². The molecule has 1 N–H and O–H groups in total. The fourth-order valence-electron chi connectivity index (χ4n) is 2.20. The highest BCUT2D eigenvalue weighted by Crippen LogP contribution is 2.28. The minimum atomic E-state index is 0.501. The standard InChI is InChI=1S/C20H25NO2/c1-15(2)14-23-19-10-9-18(11-20(19)22-4)13-21-12-17-7-5-16(3)6-8-17/h5-11,21H,1,12-14H2,2-4H3. The van der Waals surface area contributed by atoms with Crippen molar-refractivity contribution in [2.45, 2.75) is 26.9 Å². The number of aryl methyl sites for hydroxylation is 1. The molecular weight excluding hydrogens is 286 g/mol. The van der Waals surface area contributed by atoms with Crippen LogP contribution in [0, 0.1) is 6.92 Å². The predicted octanol–water partition coefficient (Wildman–Crippen LogP) is 4.25. The summed E-state index contributed by atoms with van der Waals surface area (Å²) >= 11 is 0. The lowest BCUT2D eigenvalue weighted by molar-refractivity contribution is 0.319. The third kappa shape index (κ3) is 5.46. The van der Waals surface area contributed by atoms with Gasteiger partial charge in [-0.15, -0.1) is 0 Å². The Morgan fingerprint density at radius 3 is 2.30 bits per heavy atom. The topological polar surface area (TPSA) is 30.5 Å². The molecule has 0 bridgehead atoms. The van der Waals surface area contributed by atoms with Crippen LogP contribution in [-0.2, 0) is 13.1 Å². The van der Waals surface area contributed by atoms with Crippen LogP contribution in [0.25, 0.3) is 0 Å². The molecular formula is C20H25NO2. The van der Waals surface area contributed by atoms with E-state index in [4.69, 9.17) is 9.47 Å². The van der Waals surface area contributed by atoms with E-state index in [1.54, 1.807) is 7.11 Å². The van der Waals surface area contributed by atoms with Crippen LogP contribution in [-0.4, -0.2) is 13.7 Å². The number of rotatable bonds is 8. The van der Waals surface area contributed by atoms with Crippen LogP contribution < -0.4 is 14.8 Å². The van der Waals surface area contributed by atoms with Gasteiger partial charge in [0.2, 0.25) is 0 Å². The maximum atomic E-state index is 5.68. The van der Waals surface area contributed by atoms with Gasteiger partial charge in [0.1, 0.15) is 6.61 Å². The van der Waals surface area contributed by atoms with E-state index in [0.717, 1.165) is 35.7 Å². The van der Waals surface area contributed by atoms with E-state index < -0.39 is 0 Å². The first-order chi connectivity index (χ1) is 11.1. The highest BCUT2D eigenvalue weighted by atomic mass is 16.5. The summed E-state index contributed by atoms with van der Waals surface area (Å²) in [5.74, 6) is 1.50. The second kappa shape index (κ2) is 8.39. The molecule has 23 heavy (non-hydrogen) atoms. The normalized spacial score (nSPS) is 10.4. The first-order valence-electron chi connectivity index (χ1n) is 7.79. The van der Waals surface area contributed by atoms with Gasteiger partial charge < -0.3 is 14.8 Å². The fourth-order valence-corrected chi connectivity index (χ4v) is 2.20. The quantitative estimate of drug-likeness (QED) is 0.739. The van der Waals surface area contributed by atoms with E-state index in [-0.39, 0.29) is 0 Å². The highest BCUT2D eigenvalue weighted by Gasteiger charge is 2.06. The van der Waals surface area contributed by atoms with Crippen molar-refractivity contribution in [2.24, 2.45) is 0 Å². The van der Waals surface area contributed by atoms with Gasteiger partial charge in [-0.1, -0.05) is 42.5 Å². The number of ether oxygens (including phenoxy) is 2. The molecule has 0 aromatic heterocycles. The first kappa shape index (κ1) is 17.1. The summed E-state index contributed by atoms with van der Waals surface area (Å²) in [5, 5.41) is 3.45. The molecule has 2 rings (SSSR count). The Morgan fingerprint density at radius 2 is 1.65 bits per heavy atom.